The summed E-state index contributed by atoms with van der Waals surface area (Å²) in [7, 11) is 1.56. The number of carboxylic acid groups (broad SMARTS) is 2. The zero-order valence-electron chi connectivity index (χ0n) is 34.7. The number of hydrogen-bond donors (Lipinski definition) is 11. The van der Waals surface area contributed by atoms with Gasteiger partial charge in [0.25, 0.3) is 0 Å². The fourth-order valence-electron chi connectivity index (χ4n) is 6.65. The van der Waals surface area contributed by atoms with Crippen molar-refractivity contribution in [1.29, 1.82) is 0 Å². The van der Waals surface area contributed by atoms with Gasteiger partial charge >= 0.3 is 23.7 Å². The van der Waals surface area contributed by atoms with Crippen molar-refractivity contribution in [3.8, 4) is 5.75 Å². The molecular weight excluding hydrogens is 806 g/mol. The number of methoxy groups -OCH3 is 1. The predicted octanol–water partition coefficient (Wildman–Crippen LogP) is -0.474. The van der Waals surface area contributed by atoms with E-state index in [4.69, 9.17) is 30.4 Å². The summed E-state index contributed by atoms with van der Waals surface area (Å²) < 4.78 is 21.3. The number of nitrogens with one attached hydrogen (secondary N) is 5. The molecule has 22 nitrogen and oxygen atoms in total. The number of aliphatic hydroxyl groups is 2. The van der Waals surface area contributed by atoms with E-state index in [1.54, 1.807) is 34.8 Å². The normalized spacial score (nSPS) is 22.3. The van der Waals surface area contributed by atoms with Gasteiger partial charge in [0.2, 0.25) is 17.7 Å². The molecular formula is C39H59N7O15. The zero-order chi connectivity index (χ0) is 45.6. The maximum Gasteiger partial charge on any atom is 0.404 e. The molecule has 1 aromatic heterocycles. The largest absolute Gasteiger partial charge is 0.497 e. The number of ether oxygens (including phenoxy) is 4. The molecule has 2 heterocycles. The van der Waals surface area contributed by atoms with Gasteiger partial charge < -0.3 is 76.8 Å². The third kappa shape index (κ3) is 14.3. The van der Waals surface area contributed by atoms with Gasteiger partial charge in [-0.3, -0.25) is 14.4 Å². The monoisotopic (exact) mass is 865 g/mol. The highest BCUT2D eigenvalue weighted by molar-refractivity contribution is 5.94. The Hall–Kier alpha value is -5.55. The summed E-state index contributed by atoms with van der Waals surface area (Å²) in [6.07, 6.45) is -10.6. The van der Waals surface area contributed by atoms with Crippen LogP contribution in [-0.4, -0.2) is 128 Å². The van der Waals surface area contributed by atoms with Gasteiger partial charge in [-0.25, -0.2) is 19.2 Å². The average molecular weight is 866 g/mol. The number of aliphatic hydroxyl groups excluding tert-OH is 2. The van der Waals surface area contributed by atoms with Crippen LogP contribution in [0.2, 0.25) is 0 Å². The number of aromatic nitrogens is 2. The lowest BCUT2D eigenvalue weighted by Crippen LogP contribution is -2.63. The lowest BCUT2D eigenvalue weighted by Gasteiger charge is -2.41. The summed E-state index contributed by atoms with van der Waals surface area (Å²) >= 11 is 0. The van der Waals surface area contributed by atoms with Crippen molar-refractivity contribution in [2.24, 2.45) is 23.3 Å². The second-order valence-electron chi connectivity index (χ2n) is 15.1. The summed E-state index contributed by atoms with van der Waals surface area (Å²) in [5.74, 6) is -6.16. The highest BCUT2D eigenvalue weighted by Gasteiger charge is 2.52. The van der Waals surface area contributed by atoms with Gasteiger partial charge in [0.15, 0.2) is 18.5 Å². The third-order valence-electron chi connectivity index (χ3n) is 10.6. The molecule has 13 N–H and O–H groups in total. The van der Waals surface area contributed by atoms with E-state index in [-0.39, 0.29) is 18.2 Å². The molecule has 1 fully saturated rings. The van der Waals surface area contributed by atoms with E-state index in [9.17, 15) is 54.0 Å². The minimum absolute atomic E-state index is 0.162. The number of rotatable bonds is 24. The van der Waals surface area contributed by atoms with Crippen molar-refractivity contribution < 1.29 is 68.1 Å². The van der Waals surface area contributed by atoms with Gasteiger partial charge in [0, 0.05) is 18.7 Å². The average Bonchev–Trinajstić information content (AvgIpc) is 3.65. The fourth-order valence-corrected chi connectivity index (χ4v) is 6.65. The number of carbonyl (C=O) groups excluding carboxylic acids is 4. The van der Waals surface area contributed by atoms with Crippen LogP contribution in [0.15, 0.2) is 35.3 Å². The van der Waals surface area contributed by atoms with E-state index >= 15 is 0 Å². The smallest absolute Gasteiger partial charge is 0.404 e. The fraction of sp³-hybridized carbons (Fsp3) is 0.615. The molecule has 1 aromatic carbocycles. The van der Waals surface area contributed by atoms with E-state index in [0.29, 0.717) is 44.3 Å². The quantitative estimate of drug-likeness (QED) is 0.0594. The van der Waals surface area contributed by atoms with E-state index in [2.05, 4.69) is 25.9 Å². The van der Waals surface area contributed by atoms with E-state index in [1.165, 1.54) is 0 Å². The Morgan fingerprint density at radius 3 is 2.03 bits per heavy atom. The molecule has 3 rings (SSSR count). The standard InChI is InChI=1S/C39H59N7O15/c1-6-18(3)25(33(50)46-26(35(52)53)19(4)7-2)45-34(51)27(44-24(47)11-9-8-10-21(40)16-20-12-14-22(58-5)15-13-20)30(23-17-42-39(57)43-23)59-37-29(49)31(61-38(41)56)28(48)32(60-37)36(54)55/h12-15,17-19,21,25-32,37,48-49H,6-11,16,40H2,1-5H3,(H2,41,56)(H,44,47)(H,45,51)(H,46,50)(H,52,53)(H,54,55)(H2,42,43,57)/t18-,19+,21-,25-,26+,27+,28-,29+,30-,31-,32+,37+/m0/s1. The molecule has 4 amide bonds. The molecule has 0 spiro atoms. The van der Waals surface area contributed by atoms with Gasteiger partial charge in [-0.15, -0.1) is 0 Å². The van der Waals surface area contributed by atoms with Crippen LogP contribution in [0.4, 0.5) is 4.79 Å². The van der Waals surface area contributed by atoms with Crippen molar-refractivity contribution >= 4 is 35.8 Å². The number of aliphatic carboxylic acids is 2. The van der Waals surface area contributed by atoms with Crippen molar-refractivity contribution in [3.63, 3.8) is 0 Å². The number of primary amides is 1. The van der Waals surface area contributed by atoms with Crippen molar-refractivity contribution in [1.82, 2.24) is 25.9 Å². The van der Waals surface area contributed by atoms with E-state index in [0.717, 1.165) is 11.8 Å². The summed E-state index contributed by atoms with van der Waals surface area (Å²) in [5.41, 5.74) is 11.4. The van der Waals surface area contributed by atoms with Crippen LogP contribution in [0.25, 0.3) is 0 Å². The Morgan fingerprint density at radius 1 is 0.885 bits per heavy atom. The van der Waals surface area contributed by atoms with E-state index in [1.807, 2.05) is 24.3 Å². The summed E-state index contributed by atoms with van der Waals surface area (Å²) in [6, 6.07) is 2.56. The van der Waals surface area contributed by atoms with Gasteiger partial charge in [0.05, 0.1) is 12.8 Å². The van der Waals surface area contributed by atoms with Gasteiger partial charge in [0.1, 0.15) is 42.2 Å². The number of H-pyrrole nitrogens is 2. The van der Waals surface area contributed by atoms with Gasteiger partial charge in [-0.05, 0) is 48.8 Å². The summed E-state index contributed by atoms with van der Waals surface area (Å²) in [6.45, 7) is 6.71. The Morgan fingerprint density at radius 2 is 1.49 bits per heavy atom. The molecule has 61 heavy (non-hydrogen) atoms. The minimum atomic E-state index is -2.19. The Labute approximate surface area is 351 Å². The molecule has 0 unspecified atom stereocenters. The van der Waals surface area contributed by atoms with Crippen LogP contribution < -0.4 is 37.8 Å². The molecule has 12 atom stereocenters. The number of carboxylic acids is 2. The number of unbranched alkanes of at least 4 members (excludes halogenated alkanes) is 1. The first-order valence-corrected chi connectivity index (χ1v) is 20.0. The highest BCUT2D eigenvalue weighted by atomic mass is 16.7. The van der Waals surface area contributed by atoms with Crippen LogP contribution in [0.3, 0.4) is 0 Å². The maximum absolute atomic E-state index is 14.5. The number of imidazole rings is 1. The van der Waals surface area contributed by atoms with E-state index < -0.39 is 108 Å². The first kappa shape index (κ1) is 49.8. The second-order valence-corrected chi connectivity index (χ2v) is 15.1. The maximum atomic E-state index is 14.5. The molecule has 0 bridgehead atoms. The number of aromatic amines is 2. The molecule has 1 aliphatic rings. The molecule has 0 radical (unpaired) electrons. The molecule has 0 aliphatic carbocycles. The lowest BCUT2D eigenvalue weighted by atomic mass is 9.94. The molecule has 2 aromatic rings. The molecule has 22 heteroatoms. The van der Waals surface area contributed by atoms with Crippen molar-refractivity contribution in [2.75, 3.05) is 7.11 Å². The summed E-state index contributed by atoms with van der Waals surface area (Å²) in [5, 5.41) is 49.0. The van der Waals surface area contributed by atoms with Crippen LogP contribution in [0, 0.1) is 11.8 Å². The molecule has 1 aliphatic heterocycles. The predicted molar refractivity (Wildman–Crippen MR) is 213 cm³/mol. The Kier molecular flexibility index (Phi) is 19.1. The second kappa shape index (κ2) is 23.4. The lowest BCUT2D eigenvalue weighted by molar-refractivity contribution is -0.306. The minimum Gasteiger partial charge on any atom is -0.497 e. The van der Waals surface area contributed by atoms with Crippen LogP contribution in [0.5, 0.6) is 5.75 Å². The molecule has 340 valence electrons. The van der Waals surface area contributed by atoms with Crippen molar-refractivity contribution in [3.05, 3.63) is 52.2 Å². The number of nitrogens with two attached hydrogens (primary N) is 2. The molecule has 1 saturated heterocycles. The molecule has 0 saturated carbocycles. The van der Waals surface area contributed by atoms with Gasteiger partial charge in [-0.1, -0.05) is 59.1 Å². The van der Waals surface area contributed by atoms with Crippen LogP contribution >= 0.6 is 0 Å². The number of benzene rings is 1. The first-order valence-electron chi connectivity index (χ1n) is 20.0. The van der Waals surface area contributed by atoms with Gasteiger partial charge in [-0.2, -0.15) is 0 Å². The number of carbonyl (C=O) groups is 6. The Balaban J connectivity index is 1.97. The Bertz CT molecular complexity index is 1840. The van der Waals surface area contributed by atoms with Crippen LogP contribution in [-0.2, 0) is 44.6 Å². The zero-order valence-corrected chi connectivity index (χ0v) is 34.7. The number of hydrogen-bond acceptors (Lipinski definition) is 14. The van der Waals surface area contributed by atoms with Crippen molar-refractivity contribution in [2.45, 2.75) is 134 Å². The summed E-state index contributed by atoms with van der Waals surface area (Å²) in [4.78, 5) is 94.9. The topological polar surface area (TPSA) is 357 Å². The first-order chi connectivity index (χ1) is 28.8. The third-order valence-corrected chi connectivity index (χ3v) is 10.6. The highest BCUT2D eigenvalue weighted by Crippen LogP contribution is 2.31. The van der Waals surface area contributed by atoms with Crippen LogP contribution in [0.1, 0.15) is 83.6 Å². The number of amides is 4. The SMILES string of the molecule is CC[C@@H](C)[C@@H](NC(=O)[C@@H](NC(=O)[C@H](NC(=O)CCCC[C@H](N)Cc1ccc(OC)cc1)[C@@H](O[C@@H]1O[C@@H](C(=O)O)[C@@H](O)[C@H](OC(N)=O)[C@H]1O)c1c[nH]c(=O)[nH]1)[C@@H](C)CC)C(=O)O.